The molecule has 2 fully saturated rings. The fraction of sp³-hybridized carbons (Fsp3) is 0.600. The van der Waals surface area contributed by atoms with E-state index in [0.717, 1.165) is 19.3 Å². The number of nitrogens with two attached hydrogens (primary N) is 1. The van der Waals surface area contributed by atoms with Crippen molar-refractivity contribution in [3.8, 4) is 0 Å². The highest BCUT2D eigenvalue weighted by Crippen LogP contribution is 2.24. The van der Waals surface area contributed by atoms with Crippen molar-refractivity contribution < 1.29 is 14.3 Å². The highest BCUT2D eigenvalue weighted by molar-refractivity contribution is 5.97. The molecule has 1 aromatic carbocycles. The molecule has 1 aliphatic carbocycles. The zero-order valence-electron chi connectivity index (χ0n) is 15.4. The first-order chi connectivity index (χ1) is 12.6. The average Bonchev–Trinajstić information content (AvgIpc) is 3.17. The summed E-state index contributed by atoms with van der Waals surface area (Å²) in [6.45, 7) is 0.440. The molecular weight excluding hydrogens is 330 g/mol. The second-order valence-electron chi connectivity index (χ2n) is 7.33. The number of nitrogens with zero attached hydrogens (tertiary/aromatic N) is 1. The summed E-state index contributed by atoms with van der Waals surface area (Å²) in [5, 5.41) is 2.86. The molecular formula is C20H29N3O3. The summed E-state index contributed by atoms with van der Waals surface area (Å²) in [5.74, 6) is -0.112. The number of ether oxygens (including phenoxy) is 1. The molecule has 1 heterocycles. The van der Waals surface area contributed by atoms with Crippen LogP contribution in [0.15, 0.2) is 24.3 Å². The Kier molecular flexibility index (Phi) is 6.27. The van der Waals surface area contributed by atoms with Crippen molar-refractivity contribution in [2.75, 3.05) is 18.9 Å². The van der Waals surface area contributed by atoms with Crippen molar-refractivity contribution in [3.63, 3.8) is 0 Å². The van der Waals surface area contributed by atoms with Gasteiger partial charge in [-0.05, 0) is 49.9 Å². The third-order valence-corrected chi connectivity index (χ3v) is 5.51. The lowest BCUT2D eigenvalue weighted by atomic mass is 9.94. The summed E-state index contributed by atoms with van der Waals surface area (Å²) in [6.07, 6.45) is 6.87. The number of rotatable bonds is 5. The Hall–Kier alpha value is -1.92. The first kappa shape index (κ1) is 18.9. The zero-order valence-corrected chi connectivity index (χ0v) is 15.4. The van der Waals surface area contributed by atoms with E-state index in [4.69, 9.17) is 10.5 Å². The van der Waals surface area contributed by atoms with Crippen LogP contribution in [0.25, 0.3) is 0 Å². The quantitative estimate of drug-likeness (QED) is 0.846. The van der Waals surface area contributed by atoms with Crippen molar-refractivity contribution >= 4 is 17.5 Å². The van der Waals surface area contributed by atoms with Crippen LogP contribution in [0, 0.1) is 0 Å². The second kappa shape index (κ2) is 8.64. The molecule has 1 saturated heterocycles. The molecule has 142 valence electrons. The number of hydrogen-bond donors (Lipinski definition) is 2. The van der Waals surface area contributed by atoms with E-state index < -0.39 is 6.10 Å². The normalized spacial score (nSPS) is 23.6. The molecule has 0 spiro atoms. The molecule has 0 aromatic heterocycles. The molecule has 0 bridgehead atoms. The Morgan fingerprint density at radius 3 is 2.42 bits per heavy atom. The molecule has 0 unspecified atom stereocenters. The van der Waals surface area contributed by atoms with Gasteiger partial charge in [0.2, 0.25) is 0 Å². The Morgan fingerprint density at radius 2 is 1.81 bits per heavy atom. The monoisotopic (exact) mass is 359 g/mol. The van der Waals surface area contributed by atoms with E-state index in [1.807, 2.05) is 11.9 Å². The fourth-order valence-electron chi connectivity index (χ4n) is 3.83. The van der Waals surface area contributed by atoms with Crippen LogP contribution < -0.4 is 11.1 Å². The van der Waals surface area contributed by atoms with Crippen LogP contribution in [0.4, 0.5) is 5.69 Å². The molecule has 2 amide bonds. The minimum atomic E-state index is -0.442. The Labute approximate surface area is 155 Å². The minimum absolute atomic E-state index is 0.0268. The van der Waals surface area contributed by atoms with Crippen molar-refractivity contribution in [1.82, 2.24) is 4.90 Å². The largest absolute Gasteiger partial charge is 0.364 e. The standard InChI is InChI=1S/C20H29N3O3/c1-23(16-5-3-2-4-6-16)20(25)14-7-9-15(10-8-14)22-19(24)18-12-11-17(13-21)26-18/h7-10,16-18H,2-6,11-13,21H2,1H3,(H,22,24)/t17-,18+/m1/s1. The van der Waals surface area contributed by atoms with Gasteiger partial charge in [0.05, 0.1) is 6.10 Å². The van der Waals surface area contributed by atoms with Crippen LogP contribution in [0.5, 0.6) is 0 Å². The van der Waals surface area contributed by atoms with Crippen molar-refractivity contribution in [1.29, 1.82) is 0 Å². The number of nitrogens with one attached hydrogen (secondary N) is 1. The Morgan fingerprint density at radius 1 is 1.12 bits per heavy atom. The first-order valence-corrected chi connectivity index (χ1v) is 9.62. The molecule has 0 radical (unpaired) electrons. The van der Waals surface area contributed by atoms with Crippen LogP contribution in [0.1, 0.15) is 55.3 Å². The molecule has 3 N–H and O–H groups in total. The number of anilines is 1. The lowest BCUT2D eigenvalue weighted by molar-refractivity contribution is -0.126. The molecule has 3 rings (SSSR count). The van der Waals surface area contributed by atoms with E-state index in [2.05, 4.69) is 5.32 Å². The van der Waals surface area contributed by atoms with Crippen LogP contribution in [0.3, 0.4) is 0 Å². The van der Waals surface area contributed by atoms with E-state index in [1.54, 1.807) is 24.3 Å². The van der Waals surface area contributed by atoms with Crippen LogP contribution in [-0.2, 0) is 9.53 Å². The lowest BCUT2D eigenvalue weighted by Gasteiger charge is -2.31. The maximum atomic E-state index is 12.7. The Balaban J connectivity index is 1.56. The van der Waals surface area contributed by atoms with Crippen molar-refractivity contribution in [2.24, 2.45) is 5.73 Å². The first-order valence-electron chi connectivity index (χ1n) is 9.62. The lowest BCUT2D eigenvalue weighted by Crippen LogP contribution is -2.38. The molecule has 1 saturated carbocycles. The van der Waals surface area contributed by atoms with Gasteiger partial charge in [0.15, 0.2) is 0 Å². The van der Waals surface area contributed by atoms with E-state index in [0.29, 0.717) is 30.3 Å². The van der Waals surface area contributed by atoms with E-state index >= 15 is 0 Å². The van der Waals surface area contributed by atoms with Gasteiger partial charge in [-0.15, -0.1) is 0 Å². The van der Waals surface area contributed by atoms with Gasteiger partial charge in [-0.2, -0.15) is 0 Å². The van der Waals surface area contributed by atoms with Gasteiger partial charge in [0.1, 0.15) is 6.10 Å². The molecule has 6 nitrogen and oxygen atoms in total. The predicted octanol–water partition coefficient (Wildman–Crippen LogP) is 2.54. The molecule has 2 atom stereocenters. The number of benzene rings is 1. The SMILES string of the molecule is CN(C(=O)c1ccc(NC(=O)[C@@H]2CC[C@H](CN)O2)cc1)C1CCCCC1. The van der Waals surface area contributed by atoms with Crippen molar-refractivity contribution in [2.45, 2.75) is 63.2 Å². The summed E-state index contributed by atoms with van der Waals surface area (Å²) in [7, 11) is 1.89. The summed E-state index contributed by atoms with van der Waals surface area (Å²) in [4.78, 5) is 26.8. The molecule has 2 aliphatic rings. The summed E-state index contributed by atoms with van der Waals surface area (Å²) in [6, 6.07) is 7.43. The number of carbonyl (C=O) groups is 2. The van der Waals surface area contributed by atoms with E-state index in [-0.39, 0.29) is 17.9 Å². The van der Waals surface area contributed by atoms with Crippen LogP contribution >= 0.6 is 0 Å². The van der Waals surface area contributed by atoms with E-state index in [9.17, 15) is 9.59 Å². The van der Waals surface area contributed by atoms with Gasteiger partial charge in [-0.1, -0.05) is 19.3 Å². The molecule has 26 heavy (non-hydrogen) atoms. The van der Waals surface area contributed by atoms with Crippen LogP contribution in [0.2, 0.25) is 0 Å². The third-order valence-electron chi connectivity index (χ3n) is 5.51. The molecule has 1 aromatic rings. The summed E-state index contributed by atoms with van der Waals surface area (Å²) in [5.41, 5.74) is 6.90. The maximum Gasteiger partial charge on any atom is 0.253 e. The van der Waals surface area contributed by atoms with Gasteiger partial charge in [0.25, 0.3) is 11.8 Å². The summed E-state index contributed by atoms with van der Waals surface area (Å²) >= 11 is 0. The topological polar surface area (TPSA) is 84.7 Å². The predicted molar refractivity (Wildman–Crippen MR) is 101 cm³/mol. The van der Waals surface area contributed by atoms with Gasteiger partial charge >= 0.3 is 0 Å². The van der Waals surface area contributed by atoms with Gasteiger partial charge in [0, 0.05) is 30.9 Å². The Bertz CT molecular complexity index is 626. The fourth-order valence-corrected chi connectivity index (χ4v) is 3.83. The molecule has 1 aliphatic heterocycles. The van der Waals surface area contributed by atoms with Crippen molar-refractivity contribution in [3.05, 3.63) is 29.8 Å². The van der Waals surface area contributed by atoms with Gasteiger partial charge < -0.3 is 20.7 Å². The van der Waals surface area contributed by atoms with Gasteiger partial charge in [-0.25, -0.2) is 0 Å². The zero-order chi connectivity index (χ0) is 18.5. The second-order valence-corrected chi connectivity index (χ2v) is 7.33. The number of amides is 2. The highest BCUT2D eigenvalue weighted by atomic mass is 16.5. The third kappa shape index (κ3) is 4.43. The molecule has 6 heteroatoms. The number of carbonyl (C=O) groups excluding carboxylic acids is 2. The van der Waals surface area contributed by atoms with Gasteiger partial charge in [-0.3, -0.25) is 9.59 Å². The van der Waals surface area contributed by atoms with E-state index in [1.165, 1.54) is 19.3 Å². The maximum absolute atomic E-state index is 12.7. The number of hydrogen-bond acceptors (Lipinski definition) is 4. The minimum Gasteiger partial charge on any atom is -0.364 e. The average molecular weight is 359 g/mol. The highest BCUT2D eigenvalue weighted by Gasteiger charge is 2.30. The van der Waals surface area contributed by atoms with Crippen LogP contribution in [-0.4, -0.2) is 48.6 Å². The smallest absolute Gasteiger partial charge is 0.253 e. The summed E-state index contributed by atoms with van der Waals surface area (Å²) < 4.78 is 5.61.